The summed E-state index contributed by atoms with van der Waals surface area (Å²) in [6.07, 6.45) is 1.81. The summed E-state index contributed by atoms with van der Waals surface area (Å²) in [5.41, 5.74) is 3.61. The van der Waals surface area contributed by atoms with Gasteiger partial charge in [-0.25, -0.2) is 4.39 Å². The number of hydrogen-bond donors (Lipinski definition) is 0. The van der Waals surface area contributed by atoms with Crippen molar-refractivity contribution in [2.75, 3.05) is 4.90 Å². The highest BCUT2D eigenvalue weighted by molar-refractivity contribution is 8.27. The number of benzene rings is 3. The topological polar surface area (TPSA) is 20.3 Å². The second-order valence-electron chi connectivity index (χ2n) is 5.99. The van der Waals surface area contributed by atoms with Crippen LogP contribution in [0.2, 0.25) is 0 Å². The van der Waals surface area contributed by atoms with Crippen molar-refractivity contribution in [2.45, 2.75) is 0 Å². The van der Waals surface area contributed by atoms with E-state index in [9.17, 15) is 9.18 Å². The molecule has 0 saturated carbocycles. The van der Waals surface area contributed by atoms with Crippen molar-refractivity contribution >= 4 is 46.0 Å². The Morgan fingerprint density at radius 2 is 1.59 bits per heavy atom. The first-order valence-corrected chi connectivity index (χ1v) is 9.53. The Morgan fingerprint density at radius 3 is 2.30 bits per heavy atom. The zero-order valence-corrected chi connectivity index (χ0v) is 15.8. The normalized spacial score (nSPS) is 15.6. The van der Waals surface area contributed by atoms with Crippen molar-refractivity contribution in [2.24, 2.45) is 0 Å². The lowest BCUT2D eigenvalue weighted by molar-refractivity contribution is -0.113. The van der Waals surface area contributed by atoms with E-state index in [4.69, 9.17) is 12.2 Å². The molecule has 0 radical (unpaired) electrons. The fraction of sp³-hybridized carbons (Fsp3) is 0. The molecule has 0 aromatic heterocycles. The maximum absolute atomic E-state index is 13.5. The second kappa shape index (κ2) is 7.47. The molecule has 0 atom stereocenters. The summed E-state index contributed by atoms with van der Waals surface area (Å²) in [7, 11) is 0. The molecule has 2 nitrogen and oxygen atoms in total. The zero-order valence-electron chi connectivity index (χ0n) is 14.1. The van der Waals surface area contributed by atoms with Crippen molar-refractivity contribution in [3.05, 3.63) is 95.1 Å². The van der Waals surface area contributed by atoms with Gasteiger partial charge in [-0.15, -0.1) is 0 Å². The Labute approximate surface area is 166 Å². The van der Waals surface area contributed by atoms with Gasteiger partial charge in [-0.1, -0.05) is 84.6 Å². The van der Waals surface area contributed by atoms with Crippen molar-refractivity contribution in [3.63, 3.8) is 0 Å². The molecule has 1 heterocycles. The van der Waals surface area contributed by atoms with E-state index in [1.807, 2.05) is 48.5 Å². The molecule has 1 amide bonds. The molecule has 1 aliphatic heterocycles. The minimum absolute atomic E-state index is 0.234. The van der Waals surface area contributed by atoms with Gasteiger partial charge in [-0.2, -0.15) is 0 Å². The number of hydrogen-bond acceptors (Lipinski definition) is 3. The third-order valence-electron chi connectivity index (χ3n) is 4.18. The van der Waals surface area contributed by atoms with Crippen LogP contribution in [0.25, 0.3) is 17.2 Å². The molecule has 5 heteroatoms. The Kier molecular flexibility index (Phi) is 4.88. The van der Waals surface area contributed by atoms with E-state index in [0.717, 1.165) is 16.7 Å². The van der Waals surface area contributed by atoms with E-state index in [1.165, 1.54) is 28.8 Å². The van der Waals surface area contributed by atoms with Crippen LogP contribution in [-0.4, -0.2) is 10.2 Å². The highest BCUT2D eigenvalue weighted by atomic mass is 32.2. The van der Waals surface area contributed by atoms with Gasteiger partial charge in [0.05, 0.1) is 10.6 Å². The van der Waals surface area contributed by atoms with Crippen LogP contribution in [0.5, 0.6) is 0 Å². The molecule has 0 N–H and O–H groups in total. The van der Waals surface area contributed by atoms with E-state index in [2.05, 4.69) is 12.1 Å². The number of nitrogens with zero attached hydrogens (tertiary/aromatic N) is 1. The van der Waals surface area contributed by atoms with Crippen molar-refractivity contribution in [1.29, 1.82) is 0 Å². The first kappa shape index (κ1) is 17.6. The zero-order chi connectivity index (χ0) is 18.8. The number of carbonyl (C=O) groups is 1. The van der Waals surface area contributed by atoms with E-state index in [1.54, 1.807) is 12.1 Å². The third-order valence-corrected chi connectivity index (χ3v) is 5.48. The second-order valence-corrected chi connectivity index (χ2v) is 7.66. The fourth-order valence-corrected chi connectivity index (χ4v) is 4.16. The number of halogens is 1. The molecule has 3 aromatic rings. The number of anilines is 1. The number of thiocarbonyl (C=S) groups is 1. The molecule has 4 rings (SSSR count). The summed E-state index contributed by atoms with van der Waals surface area (Å²) in [5.74, 6) is -0.634. The number of thioether (sulfide) groups is 1. The van der Waals surface area contributed by atoms with Gasteiger partial charge < -0.3 is 0 Å². The number of carbonyl (C=O) groups excluding carboxylic acids is 1. The smallest absolute Gasteiger partial charge is 0.268 e. The molecular formula is C22H14FNOS2. The molecule has 1 saturated heterocycles. The van der Waals surface area contributed by atoms with Gasteiger partial charge in [0.15, 0.2) is 4.32 Å². The summed E-state index contributed by atoms with van der Waals surface area (Å²) in [4.78, 5) is 14.6. The van der Waals surface area contributed by atoms with Gasteiger partial charge in [0.25, 0.3) is 5.91 Å². The predicted octanol–water partition coefficient (Wildman–Crippen LogP) is 5.90. The van der Waals surface area contributed by atoms with Crippen LogP contribution in [-0.2, 0) is 4.79 Å². The molecular weight excluding hydrogens is 377 g/mol. The molecule has 1 fully saturated rings. The van der Waals surface area contributed by atoms with Crippen molar-refractivity contribution in [3.8, 4) is 11.1 Å². The fourth-order valence-electron chi connectivity index (χ4n) is 2.86. The lowest BCUT2D eigenvalue weighted by Gasteiger charge is -2.14. The Morgan fingerprint density at radius 1 is 0.889 bits per heavy atom. The van der Waals surface area contributed by atoms with E-state index < -0.39 is 5.82 Å². The Hall–Kier alpha value is -2.76. The first-order chi connectivity index (χ1) is 13.1. The molecule has 0 unspecified atom stereocenters. The van der Waals surface area contributed by atoms with Gasteiger partial charge in [0, 0.05) is 0 Å². The van der Waals surface area contributed by atoms with Crippen LogP contribution in [0.15, 0.2) is 83.8 Å². The van der Waals surface area contributed by atoms with Gasteiger partial charge in [-0.3, -0.25) is 9.69 Å². The summed E-state index contributed by atoms with van der Waals surface area (Å²) >= 11 is 6.55. The average Bonchev–Trinajstić information content (AvgIpc) is 2.96. The van der Waals surface area contributed by atoms with Gasteiger partial charge in [0.2, 0.25) is 0 Å². The van der Waals surface area contributed by atoms with Gasteiger partial charge in [0.1, 0.15) is 5.82 Å². The standard InChI is InChI=1S/C22H14FNOS2/c23-18-7-4-8-19(14-18)24-21(25)20(27-22(24)26)13-15-9-11-17(12-10-15)16-5-2-1-3-6-16/h1-14H/b20-13+. The average molecular weight is 391 g/mol. The minimum atomic E-state index is -0.401. The molecule has 27 heavy (non-hydrogen) atoms. The Balaban J connectivity index is 1.59. The Bertz CT molecular complexity index is 1050. The predicted molar refractivity (Wildman–Crippen MR) is 114 cm³/mol. The van der Waals surface area contributed by atoms with Crippen molar-refractivity contribution < 1.29 is 9.18 Å². The first-order valence-electron chi connectivity index (χ1n) is 8.31. The molecule has 0 bridgehead atoms. The van der Waals surface area contributed by atoms with Crippen LogP contribution in [0.1, 0.15) is 5.56 Å². The third kappa shape index (κ3) is 3.70. The molecule has 0 aliphatic carbocycles. The summed E-state index contributed by atoms with van der Waals surface area (Å²) in [5, 5.41) is 0. The summed E-state index contributed by atoms with van der Waals surface area (Å²) in [6.45, 7) is 0. The van der Waals surface area contributed by atoms with Crippen LogP contribution in [0.4, 0.5) is 10.1 Å². The molecule has 132 valence electrons. The maximum Gasteiger partial charge on any atom is 0.270 e. The number of amides is 1. The number of rotatable bonds is 3. The summed E-state index contributed by atoms with van der Waals surface area (Å²) < 4.78 is 13.9. The van der Waals surface area contributed by atoms with E-state index in [0.29, 0.717) is 14.9 Å². The molecule has 1 aliphatic rings. The van der Waals surface area contributed by atoms with E-state index >= 15 is 0 Å². The monoisotopic (exact) mass is 391 g/mol. The SMILES string of the molecule is O=C1/C(=C\c2ccc(-c3ccccc3)cc2)SC(=S)N1c1cccc(F)c1. The molecule has 3 aromatic carbocycles. The highest BCUT2D eigenvalue weighted by Crippen LogP contribution is 2.36. The minimum Gasteiger partial charge on any atom is -0.268 e. The largest absolute Gasteiger partial charge is 0.270 e. The highest BCUT2D eigenvalue weighted by Gasteiger charge is 2.33. The lowest BCUT2D eigenvalue weighted by Crippen LogP contribution is -2.27. The van der Waals surface area contributed by atoms with Crippen LogP contribution in [0, 0.1) is 5.82 Å². The van der Waals surface area contributed by atoms with Crippen LogP contribution < -0.4 is 4.90 Å². The van der Waals surface area contributed by atoms with Crippen LogP contribution >= 0.6 is 24.0 Å². The van der Waals surface area contributed by atoms with Crippen molar-refractivity contribution in [1.82, 2.24) is 0 Å². The summed E-state index contributed by atoms with van der Waals surface area (Å²) in [6, 6.07) is 24.0. The van der Waals surface area contributed by atoms with Crippen LogP contribution in [0.3, 0.4) is 0 Å². The maximum atomic E-state index is 13.5. The quantitative estimate of drug-likeness (QED) is 0.410. The van der Waals surface area contributed by atoms with E-state index in [-0.39, 0.29) is 5.91 Å². The van der Waals surface area contributed by atoms with Gasteiger partial charge >= 0.3 is 0 Å². The lowest BCUT2D eigenvalue weighted by atomic mass is 10.0. The van der Waals surface area contributed by atoms with Gasteiger partial charge in [-0.05, 0) is 41.0 Å². The molecule has 0 spiro atoms.